The van der Waals surface area contributed by atoms with Crippen molar-refractivity contribution < 1.29 is 4.79 Å². The number of rotatable bonds is 6. The number of amides is 1. The Hall–Kier alpha value is -1.35. The Morgan fingerprint density at radius 2 is 1.35 bits per heavy atom. The summed E-state index contributed by atoms with van der Waals surface area (Å²) >= 11 is 31.1. The number of halogens is 5. The van der Waals surface area contributed by atoms with Gasteiger partial charge >= 0.3 is 0 Å². The lowest BCUT2D eigenvalue weighted by molar-refractivity contribution is -0.122. The fraction of sp³-hybridized carbons (Fsp3) is 0.167. The van der Waals surface area contributed by atoms with Gasteiger partial charge in [0.05, 0.1) is 11.6 Å². The fourth-order valence-electron chi connectivity index (χ4n) is 3.31. The number of alkyl halides is 3. The number of thiocarbonyl (C=S) groups is 1. The average Bonchev–Trinajstić information content (AvgIpc) is 2.77. The summed E-state index contributed by atoms with van der Waals surface area (Å²) in [6.07, 6.45) is -1.11. The molecule has 3 aromatic rings. The number of hydrogen-bond donors (Lipinski definition) is 3. The molecule has 1 atom stereocenters. The zero-order chi connectivity index (χ0) is 24.9. The maximum atomic E-state index is 13.5. The molecule has 3 rings (SSSR count). The minimum absolute atomic E-state index is 0.165. The van der Waals surface area contributed by atoms with Crippen LogP contribution >= 0.6 is 78.9 Å². The molecule has 0 bridgehead atoms. The minimum atomic E-state index is -1.89. The maximum Gasteiger partial charge on any atom is 0.233 e. The molecule has 0 saturated carbocycles. The highest BCUT2D eigenvalue weighted by molar-refractivity contribution is 9.11. The van der Waals surface area contributed by atoms with Gasteiger partial charge in [0.2, 0.25) is 9.70 Å². The van der Waals surface area contributed by atoms with E-state index in [0.29, 0.717) is 5.69 Å². The summed E-state index contributed by atoms with van der Waals surface area (Å²) in [4.78, 5) is 13.5. The van der Waals surface area contributed by atoms with E-state index in [2.05, 4.69) is 47.8 Å². The minimum Gasteiger partial charge on any atom is -0.339 e. The number of anilines is 1. The quantitative estimate of drug-likeness (QED) is 0.146. The highest BCUT2D eigenvalue weighted by Gasteiger charge is 2.36. The Kier molecular flexibility index (Phi) is 9.66. The average molecular weight is 665 g/mol. The Morgan fingerprint density at radius 1 is 0.882 bits per heavy atom. The summed E-state index contributed by atoms with van der Waals surface area (Å²) in [7, 11) is 0. The van der Waals surface area contributed by atoms with Gasteiger partial charge < -0.3 is 16.0 Å². The highest BCUT2D eigenvalue weighted by Crippen LogP contribution is 2.33. The van der Waals surface area contributed by atoms with Crippen LogP contribution in [0.4, 0.5) is 5.69 Å². The van der Waals surface area contributed by atoms with Gasteiger partial charge in [-0.1, -0.05) is 95.5 Å². The maximum absolute atomic E-state index is 13.5. The standard InChI is InChI=1S/C24H20Br2Cl3N3OS/c1-14-12-17(25)20(18(26)13-14)30-23(34)32-22(24(27,28)29)31-21(33)19(15-8-4-2-5-9-15)16-10-6-3-7-11-16/h2-13,19,22H,1H3,(H,31,33)(H2,30,32,34). The van der Waals surface area contributed by atoms with E-state index in [1.54, 1.807) is 0 Å². The first kappa shape index (κ1) is 27.2. The summed E-state index contributed by atoms with van der Waals surface area (Å²) < 4.78 is -0.293. The van der Waals surface area contributed by atoms with Crippen molar-refractivity contribution in [3.05, 3.63) is 98.4 Å². The molecule has 0 aliphatic rings. The number of aryl methyl sites for hydroxylation is 1. The van der Waals surface area contributed by atoms with Gasteiger partial charge in [0.15, 0.2) is 5.11 Å². The second kappa shape index (κ2) is 12.1. The van der Waals surface area contributed by atoms with Gasteiger partial charge in [-0.2, -0.15) is 0 Å². The van der Waals surface area contributed by atoms with Crippen LogP contribution in [0.3, 0.4) is 0 Å². The SMILES string of the molecule is Cc1cc(Br)c(NC(=S)NC(NC(=O)C(c2ccccc2)c2ccccc2)C(Cl)(Cl)Cl)c(Br)c1. The van der Waals surface area contributed by atoms with Gasteiger partial charge in [-0.3, -0.25) is 4.79 Å². The van der Waals surface area contributed by atoms with Crippen molar-refractivity contribution in [1.29, 1.82) is 0 Å². The predicted molar refractivity (Wildman–Crippen MR) is 153 cm³/mol. The van der Waals surface area contributed by atoms with Crippen LogP contribution in [0.25, 0.3) is 0 Å². The molecule has 0 fully saturated rings. The molecular formula is C24H20Br2Cl3N3OS. The van der Waals surface area contributed by atoms with Gasteiger partial charge in [-0.05, 0) is 79.8 Å². The van der Waals surface area contributed by atoms with E-state index in [1.807, 2.05) is 79.7 Å². The van der Waals surface area contributed by atoms with Crippen LogP contribution in [0.15, 0.2) is 81.7 Å². The molecule has 0 saturated heterocycles. The summed E-state index contributed by atoms with van der Waals surface area (Å²) in [5, 5.41) is 8.96. The van der Waals surface area contributed by atoms with E-state index < -0.39 is 15.9 Å². The third-order valence-corrected chi connectivity index (χ3v) is 6.97. The Labute approximate surface area is 236 Å². The molecule has 0 aliphatic heterocycles. The normalized spacial score (nSPS) is 12.2. The van der Waals surface area contributed by atoms with E-state index in [4.69, 9.17) is 47.0 Å². The summed E-state index contributed by atoms with van der Waals surface area (Å²) in [5.41, 5.74) is 3.37. The zero-order valence-corrected chi connectivity index (χ0v) is 24.0. The van der Waals surface area contributed by atoms with Crippen molar-refractivity contribution in [1.82, 2.24) is 10.6 Å². The molecule has 1 unspecified atom stereocenters. The highest BCUT2D eigenvalue weighted by atomic mass is 79.9. The smallest absolute Gasteiger partial charge is 0.233 e. The van der Waals surface area contributed by atoms with Crippen LogP contribution < -0.4 is 16.0 Å². The van der Waals surface area contributed by atoms with Crippen molar-refractivity contribution >= 4 is 95.6 Å². The van der Waals surface area contributed by atoms with Gasteiger partial charge in [-0.15, -0.1) is 0 Å². The molecule has 178 valence electrons. The van der Waals surface area contributed by atoms with E-state index in [1.165, 1.54) is 0 Å². The number of carbonyl (C=O) groups excluding carboxylic acids is 1. The molecule has 0 aliphatic carbocycles. The molecule has 0 aromatic heterocycles. The van der Waals surface area contributed by atoms with Gasteiger partial charge in [0, 0.05) is 8.95 Å². The van der Waals surface area contributed by atoms with Crippen LogP contribution in [0.2, 0.25) is 0 Å². The van der Waals surface area contributed by atoms with Crippen LogP contribution in [0, 0.1) is 6.92 Å². The van der Waals surface area contributed by atoms with Crippen molar-refractivity contribution in [2.24, 2.45) is 0 Å². The Morgan fingerprint density at radius 3 is 1.79 bits per heavy atom. The van der Waals surface area contributed by atoms with Crippen molar-refractivity contribution in [3.8, 4) is 0 Å². The number of nitrogens with one attached hydrogen (secondary N) is 3. The second-order valence-electron chi connectivity index (χ2n) is 7.44. The lowest BCUT2D eigenvalue weighted by atomic mass is 9.90. The first-order valence-electron chi connectivity index (χ1n) is 10.1. The van der Waals surface area contributed by atoms with E-state index in [-0.39, 0.29) is 11.0 Å². The van der Waals surface area contributed by atoms with Gasteiger partial charge in [0.1, 0.15) is 6.17 Å². The molecule has 3 N–H and O–H groups in total. The van der Waals surface area contributed by atoms with Crippen molar-refractivity contribution in [3.63, 3.8) is 0 Å². The number of hydrogen-bond acceptors (Lipinski definition) is 2. The van der Waals surface area contributed by atoms with Crippen LogP contribution in [0.5, 0.6) is 0 Å². The number of benzene rings is 3. The Bertz CT molecular complexity index is 1100. The first-order valence-corrected chi connectivity index (χ1v) is 13.2. The monoisotopic (exact) mass is 661 g/mol. The predicted octanol–water partition coefficient (Wildman–Crippen LogP) is 7.45. The van der Waals surface area contributed by atoms with Crippen molar-refractivity contribution in [2.45, 2.75) is 22.8 Å². The molecular weight excluding hydrogens is 645 g/mol. The third-order valence-electron chi connectivity index (χ3n) is 4.84. The van der Waals surface area contributed by atoms with Gasteiger partial charge in [-0.25, -0.2) is 0 Å². The molecule has 34 heavy (non-hydrogen) atoms. The molecule has 1 amide bonds. The Balaban J connectivity index is 1.83. The lowest BCUT2D eigenvalue weighted by Gasteiger charge is -2.30. The molecule has 0 radical (unpaired) electrons. The first-order chi connectivity index (χ1) is 16.1. The van der Waals surface area contributed by atoms with Gasteiger partial charge in [0.25, 0.3) is 0 Å². The summed E-state index contributed by atoms with van der Waals surface area (Å²) in [6, 6.07) is 22.7. The van der Waals surface area contributed by atoms with E-state index >= 15 is 0 Å². The molecule has 0 spiro atoms. The van der Waals surface area contributed by atoms with E-state index in [9.17, 15) is 4.79 Å². The summed E-state index contributed by atoms with van der Waals surface area (Å²) in [5.74, 6) is -0.956. The zero-order valence-electron chi connectivity index (χ0n) is 17.8. The molecule has 0 heterocycles. The second-order valence-corrected chi connectivity index (χ2v) is 11.9. The fourth-order valence-corrected chi connectivity index (χ4v) is 5.47. The topological polar surface area (TPSA) is 53.2 Å². The molecule has 3 aromatic carbocycles. The third kappa shape index (κ3) is 7.33. The molecule has 10 heteroatoms. The van der Waals surface area contributed by atoms with Crippen LogP contribution in [-0.4, -0.2) is 21.0 Å². The van der Waals surface area contributed by atoms with Crippen LogP contribution in [-0.2, 0) is 4.79 Å². The lowest BCUT2D eigenvalue weighted by Crippen LogP contribution is -2.57. The molecule has 4 nitrogen and oxygen atoms in total. The van der Waals surface area contributed by atoms with Crippen LogP contribution in [0.1, 0.15) is 22.6 Å². The number of carbonyl (C=O) groups is 1. The van der Waals surface area contributed by atoms with E-state index in [0.717, 1.165) is 25.6 Å². The summed E-state index contributed by atoms with van der Waals surface area (Å²) in [6.45, 7) is 1.97. The van der Waals surface area contributed by atoms with Crippen molar-refractivity contribution in [2.75, 3.05) is 5.32 Å². The largest absolute Gasteiger partial charge is 0.339 e.